The van der Waals surface area contributed by atoms with Crippen molar-refractivity contribution in [3.05, 3.63) is 58.4 Å². The Morgan fingerprint density at radius 2 is 1.86 bits per heavy atom. The number of ether oxygens (including phenoxy) is 1. The molecule has 2 rings (SSSR count). The molecule has 21 heavy (non-hydrogen) atoms. The highest BCUT2D eigenvalue weighted by Gasteiger charge is 2.17. The van der Waals surface area contributed by atoms with E-state index in [9.17, 15) is 19.1 Å². The molecule has 0 aliphatic rings. The van der Waals surface area contributed by atoms with E-state index in [1.54, 1.807) is 0 Å². The molecule has 0 aliphatic heterocycles. The van der Waals surface area contributed by atoms with Gasteiger partial charge < -0.3 is 9.84 Å². The van der Waals surface area contributed by atoms with E-state index >= 15 is 0 Å². The standard InChI is InChI=1S/C15H10ClFO4/c1-21-15(20)8-2-5-13(17)12(6-8)11-7-9(16)3-4-10(11)14(18)19/h2-7H,1H3,(H,18,19). The predicted octanol–water partition coefficient (Wildman–Crippen LogP) is 3.63. The SMILES string of the molecule is COC(=O)c1ccc(F)c(-c2cc(Cl)ccc2C(=O)O)c1. The molecule has 0 amide bonds. The first-order valence-electron chi connectivity index (χ1n) is 5.85. The Bertz CT molecular complexity index is 728. The minimum atomic E-state index is -1.22. The first-order valence-corrected chi connectivity index (χ1v) is 6.23. The highest BCUT2D eigenvalue weighted by Crippen LogP contribution is 2.30. The number of rotatable bonds is 3. The summed E-state index contributed by atoms with van der Waals surface area (Å²) in [7, 11) is 1.20. The van der Waals surface area contributed by atoms with Crippen LogP contribution in [0.25, 0.3) is 11.1 Å². The Morgan fingerprint density at radius 1 is 1.14 bits per heavy atom. The summed E-state index contributed by atoms with van der Waals surface area (Å²) in [6.45, 7) is 0. The van der Waals surface area contributed by atoms with Crippen molar-refractivity contribution in [1.82, 2.24) is 0 Å². The van der Waals surface area contributed by atoms with Crippen LogP contribution in [0.2, 0.25) is 5.02 Å². The van der Waals surface area contributed by atoms with Gasteiger partial charge in [0.2, 0.25) is 0 Å². The molecule has 0 aliphatic carbocycles. The van der Waals surface area contributed by atoms with Gasteiger partial charge in [0, 0.05) is 16.1 Å². The van der Waals surface area contributed by atoms with E-state index in [4.69, 9.17) is 11.6 Å². The third-order valence-electron chi connectivity index (χ3n) is 2.89. The number of methoxy groups -OCH3 is 1. The fraction of sp³-hybridized carbons (Fsp3) is 0.0667. The minimum absolute atomic E-state index is 0.0298. The molecule has 0 aromatic heterocycles. The number of hydrogen-bond acceptors (Lipinski definition) is 3. The Balaban J connectivity index is 2.69. The smallest absolute Gasteiger partial charge is 0.337 e. The van der Waals surface area contributed by atoms with Crippen LogP contribution in [0, 0.1) is 5.82 Å². The van der Waals surface area contributed by atoms with Gasteiger partial charge in [-0.05, 0) is 36.4 Å². The lowest BCUT2D eigenvalue weighted by Crippen LogP contribution is -2.04. The second kappa shape index (κ2) is 5.93. The maximum Gasteiger partial charge on any atom is 0.337 e. The molecule has 4 nitrogen and oxygen atoms in total. The molecule has 0 fully saturated rings. The van der Waals surface area contributed by atoms with Crippen LogP contribution >= 0.6 is 11.6 Å². The van der Waals surface area contributed by atoms with Crippen molar-refractivity contribution in [1.29, 1.82) is 0 Å². The Morgan fingerprint density at radius 3 is 2.48 bits per heavy atom. The van der Waals surface area contributed by atoms with Crippen molar-refractivity contribution in [2.75, 3.05) is 7.11 Å². The topological polar surface area (TPSA) is 63.6 Å². The summed E-state index contributed by atoms with van der Waals surface area (Å²) in [6.07, 6.45) is 0. The number of carbonyl (C=O) groups excluding carboxylic acids is 1. The van der Waals surface area contributed by atoms with Crippen LogP contribution in [0.5, 0.6) is 0 Å². The molecule has 6 heteroatoms. The normalized spacial score (nSPS) is 10.2. The number of carboxylic acid groups (broad SMARTS) is 1. The van der Waals surface area contributed by atoms with Crippen LogP contribution in [0.15, 0.2) is 36.4 Å². The fourth-order valence-electron chi connectivity index (χ4n) is 1.90. The lowest BCUT2D eigenvalue weighted by molar-refractivity contribution is 0.0600. The quantitative estimate of drug-likeness (QED) is 0.879. The first kappa shape index (κ1) is 15.0. The van der Waals surface area contributed by atoms with Crippen LogP contribution < -0.4 is 0 Å². The van der Waals surface area contributed by atoms with Crippen LogP contribution in [0.1, 0.15) is 20.7 Å². The van der Waals surface area contributed by atoms with E-state index in [1.807, 2.05) is 0 Å². The van der Waals surface area contributed by atoms with Gasteiger partial charge in [-0.3, -0.25) is 0 Å². The maximum absolute atomic E-state index is 14.0. The Labute approximate surface area is 124 Å². The molecule has 2 aromatic rings. The molecular formula is C15H10ClFO4. The average Bonchev–Trinajstić information content (AvgIpc) is 2.46. The Hall–Kier alpha value is -2.40. The van der Waals surface area contributed by atoms with Gasteiger partial charge in [0.1, 0.15) is 5.82 Å². The van der Waals surface area contributed by atoms with Gasteiger partial charge in [-0.2, -0.15) is 0 Å². The zero-order valence-corrected chi connectivity index (χ0v) is 11.6. The van der Waals surface area contributed by atoms with E-state index in [0.29, 0.717) is 0 Å². The van der Waals surface area contributed by atoms with E-state index < -0.39 is 17.8 Å². The molecule has 0 bridgehead atoms. The van der Waals surface area contributed by atoms with Crippen LogP contribution in [0.3, 0.4) is 0 Å². The second-order valence-corrected chi connectivity index (χ2v) is 4.62. The third kappa shape index (κ3) is 3.03. The van der Waals surface area contributed by atoms with E-state index in [2.05, 4.69) is 4.74 Å². The molecule has 0 atom stereocenters. The monoisotopic (exact) mass is 308 g/mol. The summed E-state index contributed by atoms with van der Waals surface area (Å²) in [6, 6.07) is 7.59. The third-order valence-corrected chi connectivity index (χ3v) is 3.12. The van der Waals surface area contributed by atoms with Crippen molar-refractivity contribution in [2.45, 2.75) is 0 Å². The number of carbonyl (C=O) groups is 2. The first-order chi connectivity index (χ1) is 9.93. The van der Waals surface area contributed by atoms with Crippen molar-refractivity contribution < 1.29 is 23.8 Å². The molecule has 0 unspecified atom stereocenters. The highest BCUT2D eigenvalue weighted by atomic mass is 35.5. The summed E-state index contributed by atoms with van der Waals surface area (Å²) >= 11 is 5.85. The number of esters is 1. The predicted molar refractivity (Wildman–Crippen MR) is 75.1 cm³/mol. The van der Waals surface area contributed by atoms with Gasteiger partial charge in [0.05, 0.1) is 18.2 Å². The van der Waals surface area contributed by atoms with Gasteiger partial charge in [0.15, 0.2) is 0 Å². The summed E-state index contributed by atoms with van der Waals surface area (Å²) in [5.74, 6) is -2.52. The molecule has 0 heterocycles. The maximum atomic E-state index is 14.0. The van der Waals surface area contributed by atoms with E-state index in [-0.39, 0.29) is 27.3 Å². The fourth-order valence-corrected chi connectivity index (χ4v) is 2.07. The summed E-state index contributed by atoms with van der Waals surface area (Å²) in [5.41, 5.74) is 0.0709. The Kier molecular flexibility index (Phi) is 4.23. The zero-order chi connectivity index (χ0) is 15.6. The number of aromatic carboxylic acids is 1. The van der Waals surface area contributed by atoms with Gasteiger partial charge in [0.25, 0.3) is 0 Å². The van der Waals surface area contributed by atoms with Crippen LogP contribution in [-0.2, 0) is 4.74 Å². The van der Waals surface area contributed by atoms with Crippen LogP contribution in [0.4, 0.5) is 4.39 Å². The summed E-state index contributed by atoms with van der Waals surface area (Å²) < 4.78 is 18.6. The lowest BCUT2D eigenvalue weighted by atomic mass is 9.97. The average molecular weight is 309 g/mol. The molecule has 2 aromatic carbocycles. The second-order valence-electron chi connectivity index (χ2n) is 4.18. The van der Waals surface area contributed by atoms with E-state index in [0.717, 1.165) is 6.07 Å². The molecule has 108 valence electrons. The lowest BCUT2D eigenvalue weighted by Gasteiger charge is -2.09. The van der Waals surface area contributed by atoms with Crippen LogP contribution in [-0.4, -0.2) is 24.2 Å². The van der Waals surface area contributed by atoms with Gasteiger partial charge in [-0.25, -0.2) is 14.0 Å². The number of hydrogen-bond donors (Lipinski definition) is 1. The summed E-state index contributed by atoms with van der Waals surface area (Å²) in [5, 5.41) is 9.44. The van der Waals surface area contributed by atoms with Crippen molar-refractivity contribution in [2.24, 2.45) is 0 Å². The van der Waals surface area contributed by atoms with Gasteiger partial charge in [-0.1, -0.05) is 11.6 Å². The molecule has 0 radical (unpaired) electrons. The minimum Gasteiger partial charge on any atom is -0.478 e. The van der Waals surface area contributed by atoms with Crippen molar-refractivity contribution >= 4 is 23.5 Å². The van der Waals surface area contributed by atoms with Crippen molar-refractivity contribution in [3.8, 4) is 11.1 Å². The number of benzene rings is 2. The van der Waals surface area contributed by atoms with Gasteiger partial charge in [-0.15, -0.1) is 0 Å². The summed E-state index contributed by atoms with van der Waals surface area (Å²) in [4.78, 5) is 22.7. The van der Waals surface area contributed by atoms with E-state index in [1.165, 1.54) is 37.4 Å². The molecular weight excluding hydrogens is 299 g/mol. The number of carboxylic acids is 1. The van der Waals surface area contributed by atoms with Gasteiger partial charge >= 0.3 is 11.9 Å². The van der Waals surface area contributed by atoms with Crippen molar-refractivity contribution in [3.63, 3.8) is 0 Å². The zero-order valence-electron chi connectivity index (χ0n) is 10.9. The molecule has 1 N–H and O–H groups in total. The number of halogens is 2. The molecule has 0 saturated heterocycles. The highest BCUT2D eigenvalue weighted by molar-refractivity contribution is 6.31. The molecule has 0 spiro atoms. The largest absolute Gasteiger partial charge is 0.478 e. The molecule has 0 saturated carbocycles.